The van der Waals surface area contributed by atoms with Gasteiger partial charge < -0.3 is 14.8 Å². The van der Waals surface area contributed by atoms with Crippen LogP contribution in [0.2, 0.25) is 0 Å². The van der Waals surface area contributed by atoms with Crippen LogP contribution in [0.5, 0.6) is 5.75 Å². The summed E-state index contributed by atoms with van der Waals surface area (Å²) < 4.78 is 83.3. The van der Waals surface area contributed by atoms with E-state index in [1.165, 1.54) is 30.3 Å². The summed E-state index contributed by atoms with van der Waals surface area (Å²) in [4.78, 5) is 19.3. The van der Waals surface area contributed by atoms with Gasteiger partial charge in [0, 0.05) is 11.6 Å². The summed E-state index contributed by atoms with van der Waals surface area (Å²) in [6, 6.07) is 14.2. The third-order valence-electron chi connectivity index (χ3n) is 4.17. The maximum absolute atomic E-state index is 12.7. The van der Waals surface area contributed by atoms with Gasteiger partial charge >= 0.3 is 18.5 Å². The normalized spacial score (nSPS) is 12.7. The summed E-state index contributed by atoms with van der Waals surface area (Å²) in [5.74, 6) is -2.54. The van der Waals surface area contributed by atoms with Crippen LogP contribution in [-0.4, -0.2) is 35.0 Å². The van der Waals surface area contributed by atoms with E-state index in [9.17, 15) is 31.1 Å². The molecule has 0 radical (unpaired) electrons. The predicted octanol–water partition coefficient (Wildman–Crippen LogP) is 5.30. The molecule has 174 valence electrons. The first-order chi connectivity index (χ1) is 15.5. The van der Waals surface area contributed by atoms with Gasteiger partial charge in [0.05, 0.1) is 12.2 Å². The minimum atomic E-state index is -5.16. The number of ether oxygens (including phenoxy) is 2. The maximum Gasteiger partial charge on any atom is 0.573 e. The lowest BCUT2D eigenvalue weighted by atomic mass is 10.1. The quantitative estimate of drug-likeness (QED) is 0.373. The van der Waals surface area contributed by atoms with Crippen LogP contribution in [0.25, 0.3) is 11.3 Å². The summed E-state index contributed by atoms with van der Waals surface area (Å²) in [6.07, 6.45) is -10.1. The number of rotatable bonds is 7. The lowest BCUT2D eigenvalue weighted by molar-refractivity contribution is -0.274. The Kier molecular flexibility index (Phi) is 7.04. The van der Waals surface area contributed by atoms with Crippen molar-refractivity contribution < 1.29 is 40.6 Å². The van der Waals surface area contributed by atoms with Crippen LogP contribution in [0, 0.1) is 0 Å². The van der Waals surface area contributed by atoms with E-state index < -0.39 is 30.4 Å². The van der Waals surface area contributed by atoms with Crippen LogP contribution in [0.1, 0.15) is 11.7 Å². The first-order valence-electron chi connectivity index (χ1n) is 9.26. The summed E-state index contributed by atoms with van der Waals surface area (Å²) in [6.45, 7) is -0.235. The van der Waals surface area contributed by atoms with Gasteiger partial charge in [0.25, 0.3) is 0 Å². The number of esters is 1. The molecule has 0 bridgehead atoms. The van der Waals surface area contributed by atoms with Crippen molar-refractivity contribution in [3.8, 4) is 17.0 Å². The first-order valence-corrected chi connectivity index (χ1v) is 9.26. The van der Waals surface area contributed by atoms with Gasteiger partial charge in [-0.2, -0.15) is 13.2 Å². The van der Waals surface area contributed by atoms with Crippen molar-refractivity contribution in [1.82, 2.24) is 9.97 Å². The number of aromatic nitrogens is 2. The lowest BCUT2D eigenvalue weighted by Crippen LogP contribution is -2.29. The molecule has 0 aliphatic heterocycles. The van der Waals surface area contributed by atoms with Gasteiger partial charge in [0.2, 0.25) is 0 Å². The van der Waals surface area contributed by atoms with Crippen LogP contribution in [0.3, 0.4) is 0 Å². The second-order valence-corrected chi connectivity index (χ2v) is 6.54. The Bertz CT molecular complexity index is 1070. The molecular formula is C21H15F6N3O3. The zero-order valence-corrected chi connectivity index (χ0v) is 16.5. The molecule has 0 amide bonds. The summed E-state index contributed by atoms with van der Waals surface area (Å²) >= 11 is 0. The Morgan fingerprint density at radius 3 is 2.21 bits per heavy atom. The number of nitrogens with zero attached hydrogens (tertiary/aromatic N) is 2. The first kappa shape index (κ1) is 23.8. The number of carbonyl (C=O) groups excluding carboxylic acids is 1. The van der Waals surface area contributed by atoms with E-state index in [1.54, 1.807) is 18.2 Å². The van der Waals surface area contributed by atoms with E-state index in [-0.39, 0.29) is 12.4 Å². The molecule has 0 aliphatic rings. The molecule has 1 N–H and O–H groups in total. The molecule has 1 unspecified atom stereocenters. The second kappa shape index (κ2) is 9.76. The highest BCUT2D eigenvalue weighted by Crippen LogP contribution is 2.27. The standard InChI is InChI=1S/C21H15F6N3O3/c22-20(23,24)19(31)32-17(14-4-2-1-3-5-14)11-28-18-10-16(29-12-30-18)13-6-8-15(9-7-13)33-21(25,26)27/h1-10,12,17H,11H2,(H,28,29,30). The van der Waals surface area contributed by atoms with Crippen LogP contribution < -0.4 is 10.1 Å². The molecule has 6 nitrogen and oxygen atoms in total. The topological polar surface area (TPSA) is 73.3 Å². The van der Waals surface area contributed by atoms with Gasteiger partial charge in [-0.1, -0.05) is 30.3 Å². The highest BCUT2D eigenvalue weighted by molar-refractivity contribution is 5.76. The van der Waals surface area contributed by atoms with Crippen LogP contribution in [0.15, 0.2) is 67.0 Å². The van der Waals surface area contributed by atoms with E-state index in [0.717, 1.165) is 18.5 Å². The molecule has 1 heterocycles. The third kappa shape index (κ3) is 7.09. The molecular weight excluding hydrogens is 456 g/mol. The molecule has 0 aliphatic carbocycles. The van der Waals surface area contributed by atoms with E-state index in [4.69, 9.17) is 0 Å². The molecule has 1 aromatic heterocycles. The second-order valence-electron chi connectivity index (χ2n) is 6.54. The smallest absolute Gasteiger partial charge is 0.449 e. The Morgan fingerprint density at radius 1 is 0.939 bits per heavy atom. The number of nitrogens with one attached hydrogen (secondary N) is 1. The van der Waals surface area contributed by atoms with Crippen molar-refractivity contribution in [2.24, 2.45) is 0 Å². The SMILES string of the molecule is O=C(OC(CNc1cc(-c2ccc(OC(F)(F)F)cc2)ncn1)c1ccccc1)C(F)(F)F. The van der Waals surface area contributed by atoms with Gasteiger partial charge in [-0.15, -0.1) is 13.2 Å². The number of hydrogen-bond donors (Lipinski definition) is 1. The molecule has 1 atom stereocenters. The minimum Gasteiger partial charge on any atom is -0.449 e. The fraction of sp³-hybridized carbons (Fsp3) is 0.190. The Balaban J connectivity index is 1.73. The molecule has 12 heteroatoms. The Labute approximate surface area is 183 Å². The van der Waals surface area contributed by atoms with E-state index in [1.807, 2.05) is 0 Å². The monoisotopic (exact) mass is 471 g/mol. The molecule has 3 aromatic rings. The largest absolute Gasteiger partial charge is 0.573 e. The number of alkyl halides is 6. The zero-order valence-electron chi connectivity index (χ0n) is 16.5. The van der Waals surface area contributed by atoms with Crippen molar-refractivity contribution in [1.29, 1.82) is 0 Å². The molecule has 0 saturated heterocycles. The molecule has 0 spiro atoms. The molecule has 3 rings (SSSR count). The summed E-state index contributed by atoms with van der Waals surface area (Å²) in [7, 11) is 0. The zero-order chi connectivity index (χ0) is 24.1. The predicted molar refractivity (Wildman–Crippen MR) is 104 cm³/mol. The molecule has 33 heavy (non-hydrogen) atoms. The van der Waals surface area contributed by atoms with Gasteiger partial charge in [-0.3, -0.25) is 0 Å². The number of halogens is 6. The fourth-order valence-corrected chi connectivity index (χ4v) is 2.73. The van der Waals surface area contributed by atoms with Gasteiger partial charge in [-0.05, 0) is 29.8 Å². The van der Waals surface area contributed by atoms with Gasteiger partial charge in [-0.25, -0.2) is 14.8 Å². The van der Waals surface area contributed by atoms with Gasteiger partial charge in [0.15, 0.2) is 0 Å². The van der Waals surface area contributed by atoms with Crippen molar-refractivity contribution >= 4 is 11.8 Å². The van der Waals surface area contributed by atoms with Crippen molar-refractivity contribution in [2.75, 3.05) is 11.9 Å². The third-order valence-corrected chi connectivity index (χ3v) is 4.17. The van der Waals surface area contributed by atoms with Crippen molar-refractivity contribution in [2.45, 2.75) is 18.6 Å². The number of anilines is 1. The highest BCUT2D eigenvalue weighted by Gasteiger charge is 2.42. The van der Waals surface area contributed by atoms with E-state index in [2.05, 4.69) is 24.8 Å². The van der Waals surface area contributed by atoms with Gasteiger partial charge in [0.1, 0.15) is 24.0 Å². The van der Waals surface area contributed by atoms with Crippen LogP contribution in [-0.2, 0) is 9.53 Å². The molecule has 2 aromatic carbocycles. The Hall–Kier alpha value is -3.83. The fourth-order valence-electron chi connectivity index (χ4n) is 2.73. The average molecular weight is 471 g/mol. The highest BCUT2D eigenvalue weighted by atomic mass is 19.4. The maximum atomic E-state index is 12.7. The van der Waals surface area contributed by atoms with E-state index in [0.29, 0.717) is 16.8 Å². The van der Waals surface area contributed by atoms with Crippen molar-refractivity contribution in [3.63, 3.8) is 0 Å². The molecule has 0 saturated carbocycles. The van der Waals surface area contributed by atoms with Crippen LogP contribution >= 0.6 is 0 Å². The Morgan fingerprint density at radius 2 is 1.61 bits per heavy atom. The number of hydrogen-bond acceptors (Lipinski definition) is 6. The van der Waals surface area contributed by atoms with Crippen LogP contribution in [0.4, 0.5) is 32.2 Å². The number of benzene rings is 2. The summed E-state index contributed by atoms with van der Waals surface area (Å²) in [5.41, 5.74) is 1.10. The summed E-state index contributed by atoms with van der Waals surface area (Å²) in [5, 5.41) is 2.78. The lowest BCUT2D eigenvalue weighted by Gasteiger charge is -2.20. The number of carbonyl (C=O) groups is 1. The van der Waals surface area contributed by atoms with Crippen molar-refractivity contribution in [3.05, 3.63) is 72.6 Å². The molecule has 0 fully saturated rings. The average Bonchev–Trinajstić information content (AvgIpc) is 2.76. The minimum absolute atomic E-state index is 0.194. The van der Waals surface area contributed by atoms with E-state index >= 15 is 0 Å².